The molecule has 1 N–H and O–H groups in total. The Morgan fingerprint density at radius 1 is 1.38 bits per heavy atom. The first-order valence-electron chi connectivity index (χ1n) is 8.76. The van der Waals surface area contributed by atoms with Crippen molar-refractivity contribution in [1.29, 1.82) is 5.26 Å². The zero-order chi connectivity index (χ0) is 18.5. The van der Waals surface area contributed by atoms with Gasteiger partial charge in [-0.1, -0.05) is 6.07 Å². The predicted octanol–water partition coefficient (Wildman–Crippen LogP) is 1.46. The predicted molar refractivity (Wildman–Crippen MR) is 96.4 cm³/mol. The number of fused-ring (bicyclic) bond motifs is 1. The number of nitrogens with one attached hydrogen (secondary N) is 1. The van der Waals surface area contributed by atoms with Crippen molar-refractivity contribution >= 4 is 5.91 Å². The molecule has 7 nitrogen and oxygen atoms in total. The van der Waals surface area contributed by atoms with Crippen molar-refractivity contribution in [1.82, 2.24) is 15.1 Å². The van der Waals surface area contributed by atoms with Crippen LogP contribution in [-0.2, 0) is 11.3 Å². The number of carbonyl (C=O) groups excluding carboxylic acids is 1. The molecule has 1 amide bonds. The van der Waals surface area contributed by atoms with Crippen molar-refractivity contribution in [2.45, 2.75) is 25.4 Å². The summed E-state index contributed by atoms with van der Waals surface area (Å²) in [5, 5.41) is 12.4. The number of nitrogens with zero attached hydrogens (tertiary/aromatic N) is 3. The van der Waals surface area contributed by atoms with Crippen LogP contribution in [-0.4, -0.2) is 55.7 Å². The molecule has 2 aliphatic rings. The van der Waals surface area contributed by atoms with Crippen LogP contribution in [0.5, 0.6) is 11.5 Å². The average molecular weight is 356 g/mol. The van der Waals surface area contributed by atoms with Gasteiger partial charge in [0.1, 0.15) is 11.6 Å². The highest BCUT2D eigenvalue weighted by Gasteiger charge is 2.25. The summed E-state index contributed by atoms with van der Waals surface area (Å²) in [6.45, 7) is 2.67. The van der Waals surface area contributed by atoms with E-state index >= 15 is 0 Å². The fraction of sp³-hybridized carbons (Fsp3) is 0.474. The van der Waals surface area contributed by atoms with E-state index in [0.29, 0.717) is 12.3 Å². The van der Waals surface area contributed by atoms with Crippen LogP contribution in [0.25, 0.3) is 0 Å². The van der Waals surface area contributed by atoms with Gasteiger partial charge in [-0.3, -0.25) is 4.79 Å². The Balaban J connectivity index is 1.57. The summed E-state index contributed by atoms with van der Waals surface area (Å²) < 4.78 is 10.6. The second kappa shape index (κ2) is 8.11. The van der Waals surface area contributed by atoms with Crippen molar-refractivity contribution in [2.24, 2.45) is 0 Å². The van der Waals surface area contributed by atoms with Crippen LogP contribution in [0.1, 0.15) is 18.4 Å². The van der Waals surface area contributed by atoms with Gasteiger partial charge in [-0.15, -0.1) is 0 Å². The maximum atomic E-state index is 12.6. The molecule has 3 rings (SSSR count). The number of ether oxygens (including phenoxy) is 2. The molecule has 0 aromatic heterocycles. The first-order chi connectivity index (χ1) is 12.6. The van der Waals surface area contributed by atoms with Gasteiger partial charge in [0.2, 0.25) is 6.79 Å². The fourth-order valence-corrected chi connectivity index (χ4v) is 3.20. The normalized spacial score (nSPS) is 17.7. The van der Waals surface area contributed by atoms with Crippen molar-refractivity contribution in [2.75, 3.05) is 34.0 Å². The number of piperidine rings is 1. The van der Waals surface area contributed by atoms with E-state index in [4.69, 9.17) is 9.47 Å². The first-order valence-corrected chi connectivity index (χ1v) is 8.76. The zero-order valence-electron chi connectivity index (χ0n) is 15.2. The van der Waals surface area contributed by atoms with Crippen LogP contribution >= 0.6 is 0 Å². The molecule has 1 fully saturated rings. The molecule has 0 saturated carbocycles. The second-order valence-electron chi connectivity index (χ2n) is 6.69. The monoisotopic (exact) mass is 356 g/mol. The quantitative estimate of drug-likeness (QED) is 0.636. The molecule has 0 bridgehead atoms. The lowest BCUT2D eigenvalue weighted by molar-refractivity contribution is -0.128. The Bertz CT molecular complexity index is 733. The number of hydrogen-bond donors (Lipinski definition) is 1. The van der Waals surface area contributed by atoms with Crippen LogP contribution in [0.4, 0.5) is 0 Å². The number of rotatable bonds is 5. The molecule has 0 spiro atoms. The van der Waals surface area contributed by atoms with Gasteiger partial charge in [0.25, 0.3) is 5.91 Å². The summed E-state index contributed by atoms with van der Waals surface area (Å²) in [6, 6.07) is 7.86. The second-order valence-corrected chi connectivity index (χ2v) is 6.69. The lowest BCUT2D eigenvalue weighted by atomic mass is 10.0. The van der Waals surface area contributed by atoms with Gasteiger partial charge >= 0.3 is 0 Å². The highest BCUT2D eigenvalue weighted by Crippen LogP contribution is 2.32. The number of carbonyl (C=O) groups is 1. The average Bonchev–Trinajstić information content (AvgIpc) is 3.12. The third-order valence-corrected chi connectivity index (χ3v) is 4.90. The van der Waals surface area contributed by atoms with Gasteiger partial charge in [-0.25, -0.2) is 0 Å². The summed E-state index contributed by atoms with van der Waals surface area (Å²) >= 11 is 0. The van der Waals surface area contributed by atoms with Gasteiger partial charge in [-0.2, -0.15) is 5.26 Å². The van der Waals surface area contributed by atoms with Crippen LogP contribution in [0.15, 0.2) is 30.0 Å². The van der Waals surface area contributed by atoms with E-state index in [1.165, 1.54) is 6.20 Å². The van der Waals surface area contributed by atoms with Gasteiger partial charge in [-0.05, 0) is 50.7 Å². The van der Waals surface area contributed by atoms with Crippen molar-refractivity contribution in [3.05, 3.63) is 35.5 Å². The first kappa shape index (κ1) is 18.1. The maximum absolute atomic E-state index is 12.6. The van der Waals surface area contributed by atoms with Gasteiger partial charge in [0, 0.05) is 25.8 Å². The van der Waals surface area contributed by atoms with Gasteiger partial charge in [0.05, 0.1) is 0 Å². The zero-order valence-corrected chi connectivity index (χ0v) is 15.2. The summed E-state index contributed by atoms with van der Waals surface area (Å²) in [5.41, 5.74) is 1.10. The molecule has 0 aliphatic carbocycles. The molecule has 26 heavy (non-hydrogen) atoms. The lowest BCUT2D eigenvalue weighted by Crippen LogP contribution is -2.45. The van der Waals surface area contributed by atoms with Crippen LogP contribution in [0.3, 0.4) is 0 Å². The Morgan fingerprint density at radius 2 is 2.12 bits per heavy atom. The van der Waals surface area contributed by atoms with E-state index in [1.807, 2.05) is 24.3 Å². The number of amides is 1. The highest BCUT2D eigenvalue weighted by atomic mass is 16.7. The minimum Gasteiger partial charge on any atom is -0.454 e. The molecule has 1 aromatic carbocycles. The lowest BCUT2D eigenvalue weighted by Gasteiger charge is -2.34. The Hall–Kier alpha value is -2.72. The summed E-state index contributed by atoms with van der Waals surface area (Å²) in [4.78, 5) is 16.5. The fourth-order valence-electron chi connectivity index (χ4n) is 3.20. The van der Waals surface area contributed by atoms with Crippen molar-refractivity contribution in [3.63, 3.8) is 0 Å². The van der Waals surface area contributed by atoms with E-state index in [-0.39, 0.29) is 24.3 Å². The molecule has 2 heterocycles. The summed E-state index contributed by atoms with van der Waals surface area (Å²) in [6.07, 6.45) is 3.36. The molecule has 1 aromatic rings. The Morgan fingerprint density at radius 3 is 2.85 bits per heavy atom. The van der Waals surface area contributed by atoms with E-state index in [1.54, 1.807) is 11.9 Å². The van der Waals surface area contributed by atoms with Gasteiger partial charge < -0.3 is 24.6 Å². The largest absolute Gasteiger partial charge is 0.454 e. The number of likely N-dealkylation sites (tertiary alicyclic amines) is 1. The van der Waals surface area contributed by atoms with E-state index in [2.05, 4.69) is 17.3 Å². The van der Waals surface area contributed by atoms with Crippen molar-refractivity contribution < 1.29 is 14.3 Å². The number of hydrogen-bond acceptors (Lipinski definition) is 6. The van der Waals surface area contributed by atoms with Crippen LogP contribution in [0.2, 0.25) is 0 Å². The number of likely N-dealkylation sites (N-methyl/N-ethyl adjacent to an activating group) is 1. The molecule has 0 atom stereocenters. The molecule has 2 aliphatic heterocycles. The van der Waals surface area contributed by atoms with Crippen LogP contribution in [0, 0.1) is 11.3 Å². The van der Waals surface area contributed by atoms with E-state index < -0.39 is 0 Å². The highest BCUT2D eigenvalue weighted by molar-refractivity contribution is 5.97. The SMILES string of the molecule is CN1CCC(N(C)C(=O)/C(C#N)=C\NCc2ccc3c(c2)OCO3)CC1. The molecule has 1 saturated heterocycles. The topological polar surface area (TPSA) is 77.8 Å². The minimum absolute atomic E-state index is 0.118. The molecule has 7 heteroatoms. The van der Waals surface area contributed by atoms with Crippen LogP contribution < -0.4 is 14.8 Å². The Kier molecular flexibility index (Phi) is 5.64. The smallest absolute Gasteiger partial charge is 0.265 e. The molecule has 138 valence electrons. The van der Waals surface area contributed by atoms with E-state index in [0.717, 1.165) is 37.2 Å². The minimum atomic E-state index is -0.236. The molecule has 0 unspecified atom stereocenters. The summed E-state index contributed by atoms with van der Waals surface area (Å²) in [5.74, 6) is 1.21. The third-order valence-electron chi connectivity index (χ3n) is 4.90. The number of benzene rings is 1. The number of nitriles is 1. The van der Waals surface area contributed by atoms with E-state index in [9.17, 15) is 10.1 Å². The van der Waals surface area contributed by atoms with Crippen molar-refractivity contribution in [3.8, 4) is 17.6 Å². The molecular weight excluding hydrogens is 332 g/mol. The standard InChI is InChI=1S/C19H24N4O3/c1-22-7-5-16(6-8-22)23(2)19(24)15(10-20)12-21-11-14-3-4-17-18(9-14)26-13-25-17/h3-4,9,12,16,21H,5-8,11,13H2,1-2H3/b15-12-. The van der Waals surface area contributed by atoms with Gasteiger partial charge in [0.15, 0.2) is 11.5 Å². The Labute approximate surface area is 153 Å². The molecular formula is C19H24N4O3. The third kappa shape index (κ3) is 4.09. The maximum Gasteiger partial charge on any atom is 0.265 e. The molecule has 0 radical (unpaired) electrons. The summed E-state index contributed by atoms with van der Waals surface area (Å²) in [7, 11) is 3.86.